The van der Waals surface area contributed by atoms with Crippen LogP contribution in [0.3, 0.4) is 0 Å². The predicted octanol–water partition coefficient (Wildman–Crippen LogP) is 1.34. The fraction of sp³-hybridized carbons (Fsp3) is 0.562. The quantitative estimate of drug-likeness (QED) is 0.853. The van der Waals surface area contributed by atoms with Crippen molar-refractivity contribution in [3.05, 3.63) is 24.3 Å². The van der Waals surface area contributed by atoms with E-state index >= 15 is 0 Å². The molecule has 110 valence electrons. The van der Waals surface area contributed by atoms with Crippen molar-refractivity contribution in [2.45, 2.75) is 26.2 Å². The Morgan fingerprint density at radius 1 is 1.35 bits per heavy atom. The van der Waals surface area contributed by atoms with Gasteiger partial charge in [-0.2, -0.15) is 0 Å². The maximum absolute atomic E-state index is 12.0. The lowest BCUT2D eigenvalue weighted by atomic mass is 9.99. The van der Waals surface area contributed by atoms with Crippen molar-refractivity contribution < 1.29 is 14.4 Å². The molecule has 0 unspecified atom stereocenters. The SMILES string of the molecule is COc1ccccc1NC(=O)CC[NH+]1CCC(C)CC1. The van der Waals surface area contributed by atoms with Crippen LogP contribution < -0.4 is 15.0 Å². The molecule has 1 heterocycles. The second-order valence-corrected chi connectivity index (χ2v) is 5.68. The molecule has 0 saturated carbocycles. The molecule has 0 atom stereocenters. The van der Waals surface area contributed by atoms with E-state index in [2.05, 4.69) is 12.2 Å². The molecule has 0 aromatic heterocycles. The Labute approximate surface area is 121 Å². The van der Waals surface area contributed by atoms with E-state index in [1.54, 1.807) is 12.0 Å². The first kappa shape index (κ1) is 14.9. The normalized spacial score (nSPS) is 22.3. The highest BCUT2D eigenvalue weighted by molar-refractivity contribution is 5.92. The molecule has 20 heavy (non-hydrogen) atoms. The Balaban J connectivity index is 1.78. The van der Waals surface area contributed by atoms with Crippen LogP contribution in [-0.4, -0.2) is 32.7 Å². The van der Waals surface area contributed by atoms with Gasteiger partial charge in [0.05, 0.1) is 38.9 Å². The van der Waals surface area contributed by atoms with Crippen molar-refractivity contribution >= 4 is 11.6 Å². The Morgan fingerprint density at radius 2 is 2.05 bits per heavy atom. The van der Waals surface area contributed by atoms with E-state index in [-0.39, 0.29) is 5.91 Å². The van der Waals surface area contributed by atoms with Crippen LogP contribution in [0, 0.1) is 5.92 Å². The third kappa shape index (κ3) is 4.23. The number of para-hydroxylation sites is 2. The van der Waals surface area contributed by atoms with E-state index in [1.807, 2.05) is 24.3 Å². The van der Waals surface area contributed by atoms with Crippen molar-refractivity contribution in [3.63, 3.8) is 0 Å². The molecule has 1 aliphatic heterocycles. The van der Waals surface area contributed by atoms with Crippen molar-refractivity contribution in [2.75, 3.05) is 32.1 Å². The van der Waals surface area contributed by atoms with Gasteiger partial charge in [-0.15, -0.1) is 0 Å². The Morgan fingerprint density at radius 3 is 2.75 bits per heavy atom. The van der Waals surface area contributed by atoms with Crippen molar-refractivity contribution in [2.24, 2.45) is 5.92 Å². The minimum atomic E-state index is 0.0700. The van der Waals surface area contributed by atoms with E-state index in [1.165, 1.54) is 25.9 Å². The molecule has 0 bridgehead atoms. The van der Waals surface area contributed by atoms with Gasteiger partial charge in [0.25, 0.3) is 0 Å². The number of likely N-dealkylation sites (tertiary alicyclic amines) is 1. The second-order valence-electron chi connectivity index (χ2n) is 5.68. The number of rotatable bonds is 5. The van der Waals surface area contributed by atoms with Gasteiger partial charge in [0.15, 0.2) is 0 Å². The van der Waals surface area contributed by atoms with E-state index in [0.29, 0.717) is 12.2 Å². The second kappa shape index (κ2) is 7.29. The maximum Gasteiger partial charge on any atom is 0.230 e. The van der Waals surface area contributed by atoms with Gasteiger partial charge in [-0.3, -0.25) is 4.79 Å². The van der Waals surface area contributed by atoms with Crippen LogP contribution in [0.2, 0.25) is 0 Å². The van der Waals surface area contributed by atoms with Crippen molar-refractivity contribution in [3.8, 4) is 5.75 Å². The minimum Gasteiger partial charge on any atom is -0.495 e. The molecule has 0 radical (unpaired) electrons. The Hall–Kier alpha value is -1.55. The summed E-state index contributed by atoms with van der Waals surface area (Å²) in [6, 6.07) is 7.52. The van der Waals surface area contributed by atoms with Gasteiger partial charge < -0.3 is 15.0 Å². The van der Waals surface area contributed by atoms with E-state index in [9.17, 15) is 4.79 Å². The van der Waals surface area contributed by atoms with Crippen LogP contribution in [0.4, 0.5) is 5.69 Å². The summed E-state index contributed by atoms with van der Waals surface area (Å²) in [6.07, 6.45) is 3.13. The number of ether oxygens (including phenoxy) is 1. The molecule has 1 fully saturated rings. The molecule has 4 nitrogen and oxygen atoms in total. The smallest absolute Gasteiger partial charge is 0.230 e. The summed E-state index contributed by atoms with van der Waals surface area (Å²) in [4.78, 5) is 13.6. The number of carbonyl (C=O) groups is 1. The predicted molar refractivity (Wildman–Crippen MR) is 80.2 cm³/mol. The zero-order valence-electron chi connectivity index (χ0n) is 12.4. The summed E-state index contributed by atoms with van der Waals surface area (Å²) in [5.74, 6) is 1.63. The molecular formula is C16H25N2O2+. The molecule has 1 amide bonds. The van der Waals surface area contributed by atoms with Gasteiger partial charge in [-0.25, -0.2) is 0 Å². The average Bonchev–Trinajstić information content (AvgIpc) is 2.47. The Bertz CT molecular complexity index is 440. The van der Waals surface area contributed by atoms with Crippen molar-refractivity contribution in [1.82, 2.24) is 0 Å². The van der Waals surface area contributed by atoms with Gasteiger partial charge in [0, 0.05) is 0 Å². The zero-order valence-corrected chi connectivity index (χ0v) is 12.4. The number of anilines is 1. The highest BCUT2D eigenvalue weighted by Gasteiger charge is 2.19. The van der Waals surface area contributed by atoms with Gasteiger partial charge in [0.2, 0.25) is 5.91 Å². The lowest BCUT2D eigenvalue weighted by Gasteiger charge is -2.27. The molecule has 1 saturated heterocycles. The molecule has 1 aromatic rings. The summed E-state index contributed by atoms with van der Waals surface area (Å²) >= 11 is 0. The molecule has 0 spiro atoms. The number of hydrogen-bond donors (Lipinski definition) is 2. The third-order valence-electron chi connectivity index (χ3n) is 4.07. The minimum absolute atomic E-state index is 0.0700. The van der Waals surface area contributed by atoms with Crippen molar-refractivity contribution in [1.29, 1.82) is 0 Å². The zero-order chi connectivity index (χ0) is 14.4. The molecule has 0 aliphatic carbocycles. The van der Waals surface area contributed by atoms with Crippen LogP contribution in [-0.2, 0) is 4.79 Å². The number of benzene rings is 1. The van der Waals surface area contributed by atoms with Gasteiger partial charge in [-0.05, 0) is 30.9 Å². The van der Waals surface area contributed by atoms with Crippen LogP contribution in [0.25, 0.3) is 0 Å². The molecule has 4 heteroatoms. The summed E-state index contributed by atoms with van der Waals surface area (Å²) in [7, 11) is 1.62. The fourth-order valence-electron chi connectivity index (χ4n) is 2.67. The summed E-state index contributed by atoms with van der Waals surface area (Å²) in [6.45, 7) is 5.63. The number of carbonyl (C=O) groups excluding carboxylic acids is 1. The molecule has 2 N–H and O–H groups in total. The number of hydrogen-bond acceptors (Lipinski definition) is 2. The molecule has 1 aliphatic rings. The fourth-order valence-corrected chi connectivity index (χ4v) is 2.67. The Kier molecular flexibility index (Phi) is 5.41. The lowest BCUT2D eigenvalue weighted by Crippen LogP contribution is -3.13. The number of amides is 1. The van der Waals surface area contributed by atoms with E-state index < -0.39 is 0 Å². The third-order valence-corrected chi connectivity index (χ3v) is 4.07. The first-order chi connectivity index (χ1) is 9.69. The molecule has 1 aromatic carbocycles. The van der Waals surface area contributed by atoms with E-state index in [4.69, 9.17) is 4.74 Å². The average molecular weight is 277 g/mol. The lowest BCUT2D eigenvalue weighted by molar-refractivity contribution is -0.905. The number of nitrogens with one attached hydrogen (secondary N) is 2. The number of piperidine rings is 1. The van der Waals surface area contributed by atoms with Crippen LogP contribution in [0.1, 0.15) is 26.2 Å². The first-order valence-electron chi connectivity index (χ1n) is 7.45. The van der Waals surface area contributed by atoms with Crippen LogP contribution >= 0.6 is 0 Å². The highest BCUT2D eigenvalue weighted by atomic mass is 16.5. The van der Waals surface area contributed by atoms with Crippen LogP contribution in [0.5, 0.6) is 5.75 Å². The van der Waals surface area contributed by atoms with E-state index in [0.717, 1.165) is 18.2 Å². The summed E-state index contributed by atoms with van der Waals surface area (Å²) in [5, 5.41) is 2.93. The first-order valence-corrected chi connectivity index (χ1v) is 7.45. The number of methoxy groups -OCH3 is 1. The van der Waals surface area contributed by atoms with Gasteiger partial charge in [-0.1, -0.05) is 19.1 Å². The van der Waals surface area contributed by atoms with Gasteiger partial charge >= 0.3 is 0 Å². The topological polar surface area (TPSA) is 42.8 Å². The monoisotopic (exact) mass is 277 g/mol. The molecular weight excluding hydrogens is 252 g/mol. The van der Waals surface area contributed by atoms with Crippen LogP contribution in [0.15, 0.2) is 24.3 Å². The maximum atomic E-state index is 12.0. The standard InChI is InChI=1S/C16H24N2O2/c1-13-7-10-18(11-8-13)12-9-16(19)17-14-5-3-4-6-15(14)20-2/h3-6,13H,7-12H2,1-2H3,(H,17,19)/p+1. The van der Waals surface area contributed by atoms with Gasteiger partial charge in [0.1, 0.15) is 5.75 Å². The summed E-state index contributed by atoms with van der Waals surface area (Å²) < 4.78 is 5.23. The largest absolute Gasteiger partial charge is 0.495 e. The molecule has 2 rings (SSSR count). The summed E-state index contributed by atoms with van der Waals surface area (Å²) in [5.41, 5.74) is 0.752. The highest BCUT2D eigenvalue weighted by Crippen LogP contribution is 2.22. The number of quaternary nitrogens is 1.